The molecule has 2 aromatic carbocycles. The van der Waals surface area contributed by atoms with Crippen LogP contribution in [0.4, 0.5) is 5.69 Å². The van der Waals surface area contributed by atoms with Gasteiger partial charge in [0.15, 0.2) is 0 Å². The van der Waals surface area contributed by atoms with Crippen LogP contribution >= 0.6 is 11.6 Å². The van der Waals surface area contributed by atoms with Crippen LogP contribution in [0.25, 0.3) is 0 Å². The largest absolute Gasteiger partial charge is 0.338 e. The third-order valence-electron chi connectivity index (χ3n) is 4.83. The minimum absolute atomic E-state index is 0.229. The minimum Gasteiger partial charge on any atom is -0.338 e. The van der Waals surface area contributed by atoms with Crippen LogP contribution in [0, 0.1) is 5.92 Å². The summed E-state index contributed by atoms with van der Waals surface area (Å²) in [6.45, 7) is 1.41. The molecule has 0 bridgehead atoms. The van der Waals surface area contributed by atoms with Gasteiger partial charge in [0.05, 0.1) is 10.6 Å². The zero-order chi connectivity index (χ0) is 17.4. The molecular formula is C20H19ClN2O2. The number of nitrogens with zero attached hydrogens (tertiary/aromatic N) is 1. The summed E-state index contributed by atoms with van der Waals surface area (Å²) in [4.78, 5) is 26.7. The Morgan fingerprint density at radius 2 is 1.88 bits per heavy atom. The molecule has 0 aromatic heterocycles. The predicted octanol–water partition coefficient (Wildman–Crippen LogP) is 3.89. The van der Waals surface area contributed by atoms with Crippen LogP contribution in [0.15, 0.2) is 42.5 Å². The third-order valence-corrected chi connectivity index (χ3v) is 5.16. The lowest BCUT2D eigenvalue weighted by Crippen LogP contribution is -2.36. The molecule has 1 N–H and O–H groups in total. The van der Waals surface area contributed by atoms with Crippen LogP contribution in [-0.2, 0) is 17.8 Å². The van der Waals surface area contributed by atoms with Crippen molar-refractivity contribution in [2.75, 3.05) is 11.9 Å². The Morgan fingerprint density at radius 1 is 1.08 bits per heavy atom. The van der Waals surface area contributed by atoms with Crippen LogP contribution < -0.4 is 5.32 Å². The van der Waals surface area contributed by atoms with E-state index in [0.717, 1.165) is 37.1 Å². The number of fused-ring (bicyclic) bond motifs is 1. The summed E-state index contributed by atoms with van der Waals surface area (Å²) < 4.78 is 0. The Hall–Kier alpha value is -2.33. The quantitative estimate of drug-likeness (QED) is 0.909. The molecule has 1 heterocycles. The number of benzene rings is 2. The van der Waals surface area contributed by atoms with E-state index in [1.807, 2.05) is 23.1 Å². The van der Waals surface area contributed by atoms with Gasteiger partial charge in [-0.3, -0.25) is 9.59 Å². The lowest BCUT2D eigenvalue weighted by atomic mass is 9.98. The average Bonchev–Trinajstić information content (AvgIpc) is 3.46. The van der Waals surface area contributed by atoms with E-state index in [0.29, 0.717) is 17.1 Å². The first-order chi connectivity index (χ1) is 12.1. The molecule has 0 spiro atoms. The number of rotatable bonds is 3. The van der Waals surface area contributed by atoms with Crippen molar-refractivity contribution in [1.29, 1.82) is 0 Å². The first-order valence-corrected chi connectivity index (χ1v) is 8.96. The number of hydrogen-bond acceptors (Lipinski definition) is 2. The smallest absolute Gasteiger partial charge is 0.257 e. The maximum Gasteiger partial charge on any atom is 0.257 e. The van der Waals surface area contributed by atoms with Crippen molar-refractivity contribution >= 4 is 29.1 Å². The zero-order valence-electron chi connectivity index (χ0n) is 13.8. The molecule has 2 amide bonds. The summed E-state index contributed by atoms with van der Waals surface area (Å²) in [6.07, 6.45) is 2.92. The molecule has 0 unspecified atom stereocenters. The number of hydrogen-bond donors (Lipinski definition) is 1. The van der Waals surface area contributed by atoms with Gasteiger partial charge >= 0.3 is 0 Å². The van der Waals surface area contributed by atoms with Gasteiger partial charge in [0.1, 0.15) is 0 Å². The second-order valence-electron chi connectivity index (χ2n) is 6.70. The molecule has 128 valence electrons. The Bertz CT molecular complexity index is 845. The molecule has 5 heteroatoms. The van der Waals surface area contributed by atoms with E-state index in [-0.39, 0.29) is 17.7 Å². The van der Waals surface area contributed by atoms with Crippen LogP contribution in [0.5, 0.6) is 0 Å². The fourth-order valence-corrected chi connectivity index (χ4v) is 3.48. The van der Waals surface area contributed by atoms with Crippen molar-refractivity contribution in [2.45, 2.75) is 25.8 Å². The Morgan fingerprint density at radius 3 is 2.64 bits per heavy atom. The number of carbonyl (C=O) groups excluding carboxylic acids is 2. The molecule has 0 atom stereocenters. The van der Waals surface area contributed by atoms with E-state index in [2.05, 4.69) is 5.32 Å². The Balaban J connectivity index is 1.51. The first kappa shape index (κ1) is 16.2. The fourth-order valence-electron chi connectivity index (χ4n) is 3.26. The molecule has 4 nitrogen and oxygen atoms in total. The van der Waals surface area contributed by atoms with Gasteiger partial charge < -0.3 is 10.2 Å². The lowest BCUT2D eigenvalue weighted by Gasteiger charge is -2.29. The van der Waals surface area contributed by atoms with Crippen LogP contribution in [0.1, 0.15) is 34.3 Å². The number of nitrogens with one attached hydrogen (secondary N) is 1. The van der Waals surface area contributed by atoms with Crippen LogP contribution in [0.3, 0.4) is 0 Å². The van der Waals surface area contributed by atoms with Crippen molar-refractivity contribution in [2.24, 2.45) is 5.92 Å². The van der Waals surface area contributed by atoms with Gasteiger partial charge in [-0.2, -0.15) is 0 Å². The SMILES string of the molecule is O=C(Nc1ccc2c(c1)CN(C(=O)C1CC1)CC2)c1ccccc1Cl. The maximum absolute atomic E-state index is 12.4. The summed E-state index contributed by atoms with van der Waals surface area (Å²) in [5.74, 6) is 0.285. The molecule has 1 aliphatic heterocycles. The standard InChI is InChI=1S/C20H19ClN2O2/c21-18-4-2-1-3-17(18)19(24)22-16-8-7-13-9-10-23(12-15(13)11-16)20(25)14-5-6-14/h1-4,7-8,11,14H,5-6,9-10,12H2,(H,22,24). The highest BCUT2D eigenvalue weighted by atomic mass is 35.5. The van der Waals surface area contributed by atoms with E-state index in [1.165, 1.54) is 5.56 Å². The van der Waals surface area contributed by atoms with Gasteiger partial charge in [0.25, 0.3) is 5.91 Å². The van der Waals surface area contributed by atoms with Gasteiger partial charge in [-0.15, -0.1) is 0 Å². The molecule has 1 saturated carbocycles. The summed E-state index contributed by atoms with van der Waals surface area (Å²) in [7, 11) is 0. The highest BCUT2D eigenvalue weighted by Crippen LogP contribution is 2.33. The number of anilines is 1. The van der Waals surface area contributed by atoms with Gasteiger partial charge in [-0.1, -0.05) is 29.8 Å². The molecule has 1 fully saturated rings. The lowest BCUT2D eigenvalue weighted by molar-refractivity contribution is -0.133. The summed E-state index contributed by atoms with van der Waals surface area (Å²) >= 11 is 6.09. The molecule has 4 rings (SSSR count). The molecule has 0 radical (unpaired) electrons. The molecule has 1 aliphatic carbocycles. The van der Waals surface area contributed by atoms with E-state index < -0.39 is 0 Å². The summed E-state index contributed by atoms with van der Waals surface area (Å²) in [5, 5.41) is 3.33. The highest BCUT2D eigenvalue weighted by molar-refractivity contribution is 6.34. The molecule has 0 saturated heterocycles. The fraction of sp³-hybridized carbons (Fsp3) is 0.300. The van der Waals surface area contributed by atoms with Gasteiger partial charge in [0.2, 0.25) is 5.91 Å². The number of halogens is 1. The average molecular weight is 355 g/mol. The van der Waals surface area contributed by atoms with E-state index in [4.69, 9.17) is 11.6 Å². The van der Waals surface area contributed by atoms with Gasteiger partial charge in [-0.25, -0.2) is 0 Å². The second-order valence-corrected chi connectivity index (χ2v) is 7.11. The topological polar surface area (TPSA) is 49.4 Å². The molecule has 2 aliphatic rings. The Labute approximate surface area is 151 Å². The van der Waals surface area contributed by atoms with E-state index in [9.17, 15) is 9.59 Å². The molecular weight excluding hydrogens is 336 g/mol. The van der Waals surface area contributed by atoms with Gasteiger partial charge in [0, 0.05) is 24.7 Å². The molecule has 25 heavy (non-hydrogen) atoms. The summed E-state index contributed by atoms with van der Waals surface area (Å²) in [5.41, 5.74) is 3.53. The van der Waals surface area contributed by atoms with Gasteiger partial charge in [-0.05, 0) is 54.7 Å². The monoisotopic (exact) mass is 354 g/mol. The summed E-state index contributed by atoms with van der Waals surface area (Å²) in [6, 6.07) is 12.9. The minimum atomic E-state index is -0.229. The third kappa shape index (κ3) is 3.40. The van der Waals surface area contributed by atoms with Crippen molar-refractivity contribution in [3.63, 3.8) is 0 Å². The van der Waals surface area contributed by atoms with Crippen molar-refractivity contribution in [1.82, 2.24) is 4.90 Å². The van der Waals surface area contributed by atoms with Crippen molar-refractivity contribution in [3.8, 4) is 0 Å². The Kier molecular flexibility index (Phi) is 4.22. The van der Waals surface area contributed by atoms with E-state index in [1.54, 1.807) is 24.3 Å². The van der Waals surface area contributed by atoms with Crippen molar-refractivity contribution in [3.05, 3.63) is 64.2 Å². The zero-order valence-corrected chi connectivity index (χ0v) is 14.6. The van der Waals surface area contributed by atoms with E-state index >= 15 is 0 Å². The molecule has 2 aromatic rings. The normalized spacial score (nSPS) is 16.3. The van der Waals surface area contributed by atoms with Crippen LogP contribution in [-0.4, -0.2) is 23.3 Å². The van der Waals surface area contributed by atoms with Crippen molar-refractivity contribution < 1.29 is 9.59 Å². The first-order valence-electron chi connectivity index (χ1n) is 8.58. The second kappa shape index (κ2) is 6.52. The predicted molar refractivity (Wildman–Crippen MR) is 97.7 cm³/mol. The number of carbonyl (C=O) groups is 2. The maximum atomic E-state index is 12.4. The van der Waals surface area contributed by atoms with Crippen LogP contribution in [0.2, 0.25) is 5.02 Å². The number of amides is 2. The highest BCUT2D eigenvalue weighted by Gasteiger charge is 2.34.